The summed E-state index contributed by atoms with van der Waals surface area (Å²) in [6, 6.07) is 11.2. The average molecular weight is 412 g/mol. The first-order valence-electron chi connectivity index (χ1n) is 10.1. The molecule has 1 aliphatic heterocycles. The van der Waals surface area contributed by atoms with Gasteiger partial charge in [0, 0.05) is 19.0 Å². The molecule has 0 spiro atoms. The molecular weight excluding hydrogens is 386 g/mol. The lowest BCUT2D eigenvalue weighted by molar-refractivity contribution is 0.0826. The molecule has 1 unspecified atom stereocenters. The van der Waals surface area contributed by atoms with Gasteiger partial charge >= 0.3 is 0 Å². The molecule has 5 rings (SSSR count). The number of aryl methyl sites for hydroxylation is 2. The highest BCUT2D eigenvalue weighted by Crippen LogP contribution is 2.46. The molecular formula is C22H25N3O3S. The minimum atomic E-state index is -3.62. The van der Waals surface area contributed by atoms with E-state index in [0.29, 0.717) is 24.3 Å². The third-order valence-electron chi connectivity index (χ3n) is 6.45. The Kier molecular flexibility index (Phi) is 4.14. The van der Waals surface area contributed by atoms with Crippen molar-refractivity contribution in [3.63, 3.8) is 0 Å². The molecule has 2 aromatic carbocycles. The second kappa shape index (κ2) is 6.39. The summed E-state index contributed by atoms with van der Waals surface area (Å²) in [6.45, 7) is 2.42. The first-order valence-corrected chi connectivity index (χ1v) is 11.5. The molecule has 1 saturated heterocycles. The van der Waals surface area contributed by atoms with Gasteiger partial charge in [-0.15, -0.1) is 0 Å². The van der Waals surface area contributed by atoms with Crippen LogP contribution in [0.1, 0.15) is 31.2 Å². The van der Waals surface area contributed by atoms with Crippen LogP contribution >= 0.6 is 0 Å². The van der Waals surface area contributed by atoms with Gasteiger partial charge in [0.1, 0.15) is 0 Å². The van der Waals surface area contributed by atoms with Crippen LogP contribution in [0.4, 0.5) is 0 Å². The molecule has 2 aliphatic rings. The van der Waals surface area contributed by atoms with Gasteiger partial charge in [0.2, 0.25) is 10.0 Å². The van der Waals surface area contributed by atoms with Crippen molar-refractivity contribution < 1.29 is 13.5 Å². The zero-order valence-electron chi connectivity index (χ0n) is 16.7. The largest absolute Gasteiger partial charge is 0.388 e. The summed E-state index contributed by atoms with van der Waals surface area (Å²) in [4.78, 5) is 0.303. The lowest BCUT2D eigenvalue weighted by atomic mass is 10.00. The van der Waals surface area contributed by atoms with E-state index in [9.17, 15) is 13.5 Å². The quantitative estimate of drug-likeness (QED) is 0.715. The highest BCUT2D eigenvalue weighted by atomic mass is 32.2. The maximum atomic E-state index is 13.3. The van der Waals surface area contributed by atoms with Crippen molar-refractivity contribution in [1.29, 1.82) is 0 Å². The van der Waals surface area contributed by atoms with Gasteiger partial charge in [-0.05, 0) is 73.6 Å². The standard InChI is InChI=1S/C22H25N3O3S/c1-15-12-18(29(27,28)25-11-3-4-21(25)22(26)9-10-22)6-7-19(15)16-5-8-20-17(13-16)14-23-24(20)2/h5-8,12-14,21,26H,3-4,9-11H2,1-2H3. The van der Waals surface area contributed by atoms with Gasteiger partial charge in [-0.25, -0.2) is 8.42 Å². The van der Waals surface area contributed by atoms with E-state index >= 15 is 0 Å². The zero-order valence-corrected chi connectivity index (χ0v) is 17.5. The topological polar surface area (TPSA) is 75.4 Å². The Labute approximate surface area is 170 Å². The SMILES string of the molecule is Cc1cc(S(=O)(=O)N2CCCC2C2(O)CC2)ccc1-c1ccc2c(cnn2C)c1. The number of aliphatic hydroxyl groups is 1. The second-order valence-electron chi connectivity index (χ2n) is 8.40. The van der Waals surface area contributed by atoms with E-state index in [0.717, 1.165) is 40.4 Å². The molecule has 7 heteroatoms. The molecule has 3 aromatic rings. The van der Waals surface area contributed by atoms with E-state index < -0.39 is 15.6 Å². The van der Waals surface area contributed by atoms with E-state index in [1.807, 2.05) is 43.0 Å². The van der Waals surface area contributed by atoms with Crippen molar-refractivity contribution in [1.82, 2.24) is 14.1 Å². The van der Waals surface area contributed by atoms with Gasteiger partial charge in [0.25, 0.3) is 0 Å². The van der Waals surface area contributed by atoms with Crippen molar-refractivity contribution in [2.24, 2.45) is 7.05 Å². The predicted molar refractivity (Wildman–Crippen MR) is 112 cm³/mol. The van der Waals surface area contributed by atoms with Crippen LogP contribution in [0, 0.1) is 6.92 Å². The van der Waals surface area contributed by atoms with Crippen LogP contribution in [0.2, 0.25) is 0 Å². The summed E-state index contributed by atoms with van der Waals surface area (Å²) in [7, 11) is -1.71. The Morgan fingerprint density at radius 3 is 2.69 bits per heavy atom. The summed E-state index contributed by atoms with van der Waals surface area (Å²) in [5.74, 6) is 0. The number of fused-ring (bicyclic) bond motifs is 1. The number of hydrogen-bond donors (Lipinski definition) is 1. The van der Waals surface area contributed by atoms with E-state index in [1.54, 1.807) is 12.1 Å². The molecule has 0 radical (unpaired) electrons. The summed E-state index contributed by atoms with van der Waals surface area (Å²) in [5, 5.41) is 15.9. The molecule has 1 saturated carbocycles. The molecule has 1 atom stereocenters. The molecule has 2 fully saturated rings. The van der Waals surface area contributed by atoms with Crippen LogP contribution in [0.25, 0.3) is 22.0 Å². The lowest BCUT2D eigenvalue weighted by Crippen LogP contribution is -2.44. The van der Waals surface area contributed by atoms with Crippen LogP contribution in [-0.2, 0) is 17.1 Å². The average Bonchev–Trinajstić information content (AvgIpc) is 3.10. The predicted octanol–water partition coefficient (Wildman–Crippen LogP) is 3.23. The van der Waals surface area contributed by atoms with Crippen molar-refractivity contribution in [2.75, 3.05) is 6.54 Å². The number of rotatable bonds is 4. The van der Waals surface area contributed by atoms with Gasteiger partial charge < -0.3 is 5.11 Å². The molecule has 2 heterocycles. The fourth-order valence-corrected chi connectivity index (χ4v) is 6.46. The number of sulfonamides is 1. The monoisotopic (exact) mass is 411 g/mol. The molecule has 1 aliphatic carbocycles. The Hall–Kier alpha value is -2.22. The third-order valence-corrected chi connectivity index (χ3v) is 8.35. The number of benzene rings is 2. The Balaban J connectivity index is 1.50. The van der Waals surface area contributed by atoms with Gasteiger partial charge in [0.15, 0.2) is 0 Å². The van der Waals surface area contributed by atoms with Crippen molar-refractivity contribution in [3.8, 4) is 11.1 Å². The molecule has 0 bridgehead atoms. The fraction of sp³-hybridized carbons (Fsp3) is 0.409. The minimum absolute atomic E-state index is 0.291. The highest BCUT2D eigenvalue weighted by Gasteiger charge is 2.54. The van der Waals surface area contributed by atoms with Crippen LogP contribution in [-0.4, -0.2) is 45.8 Å². The maximum absolute atomic E-state index is 13.3. The summed E-state index contributed by atoms with van der Waals surface area (Å²) < 4.78 is 30.0. The fourth-order valence-electron chi connectivity index (χ4n) is 4.61. The third kappa shape index (κ3) is 2.99. The number of nitrogens with zero attached hydrogens (tertiary/aromatic N) is 3. The lowest BCUT2D eigenvalue weighted by Gasteiger charge is -2.28. The highest BCUT2D eigenvalue weighted by molar-refractivity contribution is 7.89. The van der Waals surface area contributed by atoms with Crippen LogP contribution < -0.4 is 0 Å². The Morgan fingerprint density at radius 1 is 1.17 bits per heavy atom. The van der Waals surface area contributed by atoms with E-state index in [-0.39, 0.29) is 6.04 Å². The van der Waals surface area contributed by atoms with Gasteiger partial charge in [-0.2, -0.15) is 9.40 Å². The molecule has 1 N–H and O–H groups in total. The summed E-state index contributed by atoms with van der Waals surface area (Å²) in [6.07, 6.45) is 4.76. The minimum Gasteiger partial charge on any atom is -0.388 e. The van der Waals surface area contributed by atoms with Crippen molar-refractivity contribution in [3.05, 3.63) is 48.2 Å². The first kappa shape index (κ1) is 18.8. The Bertz CT molecular complexity index is 1210. The van der Waals surface area contributed by atoms with Gasteiger partial charge in [-0.3, -0.25) is 4.68 Å². The molecule has 152 valence electrons. The van der Waals surface area contributed by atoms with Gasteiger partial charge in [-0.1, -0.05) is 12.1 Å². The maximum Gasteiger partial charge on any atom is 0.243 e. The molecule has 6 nitrogen and oxygen atoms in total. The van der Waals surface area contributed by atoms with Crippen LogP contribution in [0.3, 0.4) is 0 Å². The van der Waals surface area contributed by atoms with E-state index in [4.69, 9.17) is 0 Å². The summed E-state index contributed by atoms with van der Waals surface area (Å²) in [5.41, 5.74) is 3.20. The molecule has 0 amide bonds. The van der Waals surface area contributed by atoms with Gasteiger partial charge in [0.05, 0.1) is 28.3 Å². The number of hydrogen-bond acceptors (Lipinski definition) is 4. The van der Waals surface area contributed by atoms with Crippen LogP contribution in [0.5, 0.6) is 0 Å². The van der Waals surface area contributed by atoms with E-state index in [2.05, 4.69) is 11.2 Å². The Morgan fingerprint density at radius 2 is 1.97 bits per heavy atom. The number of aromatic nitrogens is 2. The van der Waals surface area contributed by atoms with Crippen LogP contribution in [0.15, 0.2) is 47.5 Å². The first-order chi connectivity index (χ1) is 13.8. The molecule has 29 heavy (non-hydrogen) atoms. The second-order valence-corrected chi connectivity index (χ2v) is 10.3. The zero-order chi connectivity index (χ0) is 20.4. The molecule has 1 aromatic heterocycles. The normalized spacial score (nSPS) is 21.7. The van der Waals surface area contributed by atoms with Crippen molar-refractivity contribution in [2.45, 2.75) is 49.1 Å². The van der Waals surface area contributed by atoms with Crippen molar-refractivity contribution >= 4 is 20.9 Å². The summed E-state index contributed by atoms with van der Waals surface area (Å²) >= 11 is 0. The smallest absolute Gasteiger partial charge is 0.243 e. The van der Waals surface area contributed by atoms with E-state index in [1.165, 1.54) is 4.31 Å².